The second kappa shape index (κ2) is 10.2. The van der Waals surface area contributed by atoms with Crippen LogP contribution in [0.4, 0.5) is 0 Å². The number of rotatable bonds is 8. The largest absolute Gasteiger partial charge is 0.337 e. The normalized spacial score (nSPS) is 16.2. The van der Waals surface area contributed by atoms with Crippen LogP contribution in [0.15, 0.2) is 54.6 Å². The van der Waals surface area contributed by atoms with Crippen molar-refractivity contribution in [2.75, 3.05) is 45.0 Å². The Kier molecular flexibility index (Phi) is 7.64. The number of nitrogens with one attached hydrogen (secondary N) is 1. The van der Waals surface area contributed by atoms with Gasteiger partial charge in [0, 0.05) is 44.8 Å². The van der Waals surface area contributed by atoms with E-state index in [0.717, 1.165) is 11.1 Å². The minimum atomic E-state index is -3.41. The molecule has 0 bridgehead atoms. The Hall–Kier alpha value is -2.22. The molecule has 30 heavy (non-hydrogen) atoms. The van der Waals surface area contributed by atoms with Crippen molar-refractivity contribution in [2.45, 2.75) is 19.8 Å². The molecule has 7 heteroatoms. The molecule has 1 heterocycles. The second-order valence-corrected chi connectivity index (χ2v) is 9.93. The smallest absolute Gasteiger partial charge is 0.254 e. The van der Waals surface area contributed by atoms with Crippen LogP contribution in [0, 0.1) is 6.92 Å². The van der Waals surface area contributed by atoms with Crippen molar-refractivity contribution in [3.05, 3.63) is 71.3 Å². The summed E-state index contributed by atoms with van der Waals surface area (Å²) in [6.07, 6.45) is 0. The zero-order valence-corrected chi connectivity index (χ0v) is 18.6. The second-order valence-electron chi connectivity index (χ2n) is 7.84. The molecule has 0 spiro atoms. The van der Waals surface area contributed by atoms with E-state index in [0.29, 0.717) is 38.3 Å². The van der Waals surface area contributed by atoms with E-state index in [1.54, 1.807) is 4.90 Å². The van der Waals surface area contributed by atoms with Crippen molar-refractivity contribution in [1.82, 2.24) is 14.5 Å². The molecule has 1 amide bonds. The van der Waals surface area contributed by atoms with E-state index in [1.165, 1.54) is 4.31 Å². The van der Waals surface area contributed by atoms with Crippen molar-refractivity contribution in [2.24, 2.45) is 0 Å². The lowest BCUT2D eigenvalue weighted by atomic mass is 10.00. The number of benzene rings is 2. The predicted octanol–water partition coefficient (Wildman–Crippen LogP) is 2.48. The van der Waals surface area contributed by atoms with Crippen LogP contribution < -0.4 is 5.32 Å². The molecular formula is C23H31N3O3S. The molecule has 1 aliphatic heterocycles. The number of carbonyl (C=O) groups excluding carboxylic acids is 1. The van der Waals surface area contributed by atoms with Crippen LogP contribution in [0.25, 0.3) is 0 Å². The number of carbonyl (C=O) groups is 1. The van der Waals surface area contributed by atoms with E-state index in [1.807, 2.05) is 61.5 Å². The number of piperazine rings is 1. The Morgan fingerprint density at radius 2 is 1.70 bits per heavy atom. The van der Waals surface area contributed by atoms with Crippen molar-refractivity contribution in [3.8, 4) is 0 Å². The van der Waals surface area contributed by atoms with Crippen LogP contribution in [0.2, 0.25) is 0 Å². The quantitative estimate of drug-likeness (QED) is 0.700. The highest BCUT2D eigenvalue weighted by molar-refractivity contribution is 7.89. The van der Waals surface area contributed by atoms with Gasteiger partial charge in [0.25, 0.3) is 5.91 Å². The lowest BCUT2D eigenvalue weighted by Gasteiger charge is -2.30. The number of aryl methyl sites for hydroxylation is 1. The molecule has 1 atom stereocenters. The summed E-state index contributed by atoms with van der Waals surface area (Å²) in [5, 5.41) is 3.17. The van der Waals surface area contributed by atoms with Gasteiger partial charge in [-0.05, 0) is 30.0 Å². The standard InChI is InChI=1S/C23H31N3O3S/c1-19-8-6-7-11-22(19)23(27)25(18-20(2)21-9-4-3-5-10-21)16-17-30(28,29)26-14-12-24-13-15-26/h3-11,20,24H,12-18H2,1-2H3/t20-/m1/s1. The molecule has 0 unspecified atom stereocenters. The molecule has 2 aromatic rings. The fourth-order valence-electron chi connectivity index (χ4n) is 3.75. The van der Waals surface area contributed by atoms with E-state index in [-0.39, 0.29) is 24.1 Å². The van der Waals surface area contributed by atoms with Gasteiger partial charge in [0.05, 0.1) is 5.75 Å². The molecule has 0 saturated carbocycles. The Labute approximate surface area is 179 Å². The van der Waals surface area contributed by atoms with Gasteiger partial charge >= 0.3 is 0 Å². The van der Waals surface area contributed by atoms with Gasteiger partial charge in [-0.15, -0.1) is 0 Å². The summed E-state index contributed by atoms with van der Waals surface area (Å²) in [4.78, 5) is 15.0. The fraction of sp³-hybridized carbons (Fsp3) is 0.435. The monoisotopic (exact) mass is 429 g/mol. The van der Waals surface area contributed by atoms with Gasteiger partial charge in [-0.2, -0.15) is 4.31 Å². The molecule has 162 valence electrons. The van der Waals surface area contributed by atoms with Crippen molar-refractivity contribution < 1.29 is 13.2 Å². The number of hydrogen-bond acceptors (Lipinski definition) is 4. The van der Waals surface area contributed by atoms with Gasteiger partial charge in [-0.3, -0.25) is 4.79 Å². The molecule has 3 rings (SSSR count). The summed E-state index contributed by atoms with van der Waals surface area (Å²) in [5.41, 5.74) is 2.65. The Morgan fingerprint density at radius 1 is 1.07 bits per heavy atom. The van der Waals surface area contributed by atoms with Crippen LogP contribution in [-0.4, -0.2) is 68.6 Å². The molecule has 1 aliphatic rings. The van der Waals surface area contributed by atoms with E-state index >= 15 is 0 Å². The average Bonchev–Trinajstić information content (AvgIpc) is 2.77. The predicted molar refractivity (Wildman–Crippen MR) is 120 cm³/mol. The summed E-state index contributed by atoms with van der Waals surface area (Å²) < 4.78 is 27.2. The zero-order valence-electron chi connectivity index (χ0n) is 17.8. The SMILES string of the molecule is Cc1ccccc1C(=O)N(CCS(=O)(=O)N1CCNCC1)C[C@@H](C)c1ccccc1. The van der Waals surface area contributed by atoms with E-state index in [2.05, 4.69) is 12.2 Å². The van der Waals surface area contributed by atoms with Gasteiger partial charge in [-0.1, -0.05) is 55.5 Å². The Bertz CT molecular complexity index is 941. The summed E-state index contributed by atoms with van der Waals surface area (Å²) in [6, 6.07) is 17.5. The highest BCUT2D eigenvalue weighted by Crippen LogP contribution is 2.19. The third-order valence-corrected chi connectivity index (χ3v) is 7.46. The number of nitrogens with zero attached hydrogens (tertiary/aromatic N) is 2. The lowest BCUT2D eigenvalue weighted by molar-refractivity contribution is 0.0756. The van der Waals surface area contributed by atoms with Crippen molar-refractivity contribution in [3.63, 3.8) is 0 Å². The highest BCUT2D eigenvalue weighted by atomic mass is 32.2. The average molecular weight is 430 g/mol. The summed E-state index contributed by atoms with van der Waals surface area (Å²) in [5.74, 6) is -0.0842. The first-order valence-electron chi connectivity index (χ1n) is 10.5. The molecule has 1 N–H and O–H groups in total. The maximum atomic E-state index is 13.3. The molecular weight excluding hydrogens is 398 g/mol. The third-order valence-electron chi connectivity index (χ3n) is 5.61. The molecule has 0 radical (unpaired) electrons. The summed E-state index contributed by atoms with van der Waals surface area (Å²) in [7, 11) is -3.41. The first kappa shape index (κ1) is 22.5. The minimum absolute atomic E-state index is 0.0634. The number of sulfonamides is 1. The maximum absolute atomic E-state index is 13.3. The van der Waals surface area contributed by atoms with E-state index in [4.69, 9.17) is 0 Å². The van der Waals surface area contributed by atoms with E-state index < -0.39 is 10.0 Å². The number of hydrogen-bond donors (Lipinski definition) is 1. The van der Waals surface area contributed by atoms with Gasteiger partial charge in [0.1, 0.15) is 0 Å². The summed E-state index contributed by atoms with van der Waals surface area (Å²) in [6.45, 7) is 6.90. The number of amides is 1. The molecule has 6 nitrogen and oxygen atoms in total. The first-order valence-corrected chi connectivity index (χ1v) is 12.1. The topological polar surface area (TPSA) is 69.7 Å². The first-order chi connectivity index (χ1) is 14.4. The van der Waals surface area contributed by atoms with Gasteiger partial charge < -0.3 is 10.2 Å². The summed E-state index contributed by atoms with van der Waals surface area (Å²) >= 11 is 0. The Balaban J connectivity index is 1.78. The van der Waals surface area contributed by atoms with Crippen LogP contribution >= 0.6 is 0 Å². The highest BCUT2D eigenvalue weighted by Gasteiger charge is 2.27. The molecule has 1 saturated heterocycles. The molecule has 1 fully saturated rings. The Morgan fingerprint density at radius 3 is 2.37 bits per heavy atom. The fourth-order valence-corrected chi connectivity index (χ4v) is 5.20. The minimum Gasteiger partial charge on any atom is -0.337 e. The van der Waals surface area contributed by atoms with Crippen molar-refractivity contribution in [1.29, 1.82) is 0 Å². The van der Waals surface area contributed by atoms with Crippen LogP contribution in [0.1, 0.15) is 34.3 Å². The van der Waals surface area contributed by atoms with Gasteiger partial charge in [0.2, 0.25) is 10.0 Å². The molecule has 0 aliphatic carbocycles. The van der Waals surface area contributed by atoms with Gasteiger partial charge in [0.15, 0.2) is 0 Å². The van der Waals surface area contributed by atoms with Crippen LogP contribution in [0.3, 0.4) is 0 Å². The maximum Gasteiger partial charge on any atom is 0.254 e. The van der Waals surface area contributed by atoms with E-state index in [9.17, 15) is 13.2 Å². The van der Waals surface area contributed by atoms with Crippen LogP contribution in [0.5, 0.6) is 0 Å². The van der Waals surface area contributed by atoms with Gasteiger partial charge in [-0.25, -0.2) is 8.42 Å². The van der Waals surface area contributed by atoms with Crippen molar-refractivity contribution >= 4 is 15.9 Å². The lowest BCUT2D eigenvalue weighted by Crippen LogP contribution is -2.48. The third kappa shape index (κ3) is 5.68. The zero-order chi connectivity index (χ0) is 21.6. The molecule has 2 aromatic carbocycles. The molecule has 0 aromatic heterocycles. The van der Waals surface area contributed by atoms with Crippen LogP contribution in [-0.2, 0) is 10.0 Å².